The molecule has 2 aliphatic heterocycles. The minimum absolute atomic E-state index is 0.641. The van der Waals surface area contributed by atoms with Crippen molar-refractivity contribution in [1.82, 2.24) is 14.5 Å². The Balaban J connectivity index is 1.34. The van der Waals surface area contributed by atoms with Gasteiger partial charge in [0, 0.05) is 56.0 Å². The topological polar surface area (TPSA) is 33.5 Å². The monoisotopic (exact) mass is 460 g/mol. The van der Waals surface area contributed by atoms with E-state index in [9.17, 15) is 0 Å². The van der Waals surface area contributed by atoms with Crippen LogP contribution in [-0.4, -0.2) is 54.3 Å². The van der Waals surface area contributed by atoms with Gasteiger partial charge in [-0.25, -0.2) is 4.98 Å². The Morgan fingerprint density at radius 3 is 2.65 bits per heavy atom. The molecule has 0 saturated carbocycles. The van der Waals surface area contributed by atoms with Crippen molar-refractivity contribution in [3.8, 4) is 5.75 Å². The molecule has 0 spiro atoms. The molecule has 0 aliphatic carbocycles. The average Bonchev–Trinajstić information content (AvgIpc) is 3.15. The smallest absolute Gasteiger partial charge is 0.128 e. The minimum atomic E-state index is 0.641. The zero-order chi connectivity index (χ0) is 23.7. The standard InChI is InChI=1S/C29H40N4O/c1-5-6-7-24-9-8-23-19-25(34-4)20-27-26(22(3)33(24)29(23)27)11-13-31-14-16-32(17-15-31)28-18-21(2)10-12-30-28/h10,12,18-20,24H,5-9,11,13-17H2,1-4H3. The molecule has 3 aromatic rings. The van der Waals surface area contributed by atoms with Gasteiger partial charge in [0.2, 0.25) is 0 Å². The highest BCUT2D eigenvalue weighted by Gasteiger charge is 2.27. The second-order valence-corrected chi connectivity index (χ2v) is 10.2. The predicted molar refractivity (Wildman–Crippen MR) is 141 cm³/mol. The van der Waals surface area contributed by atoms with E-state index in [2.05, 4.69) is 64.4 Å². The van der Waals surface area contributed by atoms with Crippen LogP contribution in [-0.2, 0) is 12.8 Å². The number of rotatable bonds is 8. The first-order valence-electron chi connectivity index (χ1n) is 13.2. The first kappa shape index (κ1) is 23.2. The number of hydrogen-bond donors (Lipinski definition) is 0. The molecule has 1 fully saturated rings. The summed E-state index contributed by atoms with van der Waals surface area (Å²) in [5, 5.41) is 1.43. The molecule has 4 heterocycles. The second kappa shape index (κ2) is 9.99. The highest BCUT2D eigenvalue weighted by molar-refractivity contribution is 5.90. The molecular weight excluding hydrogens is 420 g/mol. The summed E-state index contributed by atoms with van der Waals surface area (Å²) in [4.78, 5) is 9.65. The van der Waals surface area contributed by atoms with Crippen LogP contribution >= 0.6 is 0 Å². The second-order valence-electron chi connectivity index (χ2n) is 10.2. The first-order valence-corrected chi connectivity index (χ1v) is 13.2. The number of aromatic nitrogens is 2. The van der Waals surface area contributed by atoms with E-state index < -0.39 is 0 Å². The number of aryl methyl sites for hydroxylation is 2. The van der Waals surface area contributed by atoms with Crippen LogP contribution < -0.4 is 9.64 Å². The van der Waals surface area contributed by atoms with E-state index in [1.165, 1.54) is 65.4 Å². The van der Waals surface area contributed by atoms with Crippen molar-refractivity contribution in [2.75, 3.05) is 44.7 Å². The summed E-state index contributed by atoms with van der Waals surface area (Å²) in [7, 11) is 1.80. The Labute approximate surface area is 204 Å². The zero-order valence-corrected chi connectivity index (χ0v) is 21.4. The van der Waals surface area contributed by atoms with Crippen LogP contribution in [0.25, 0.3) is 10.9 Å². The number of benzene rings is 1. The Bertz CT molecular complexity index is 1140. The van der Waals surface area contributed by atoms with Gasteiger partial charge in [-0.3, -0.25) is 4.90 Å². The van der Waals surface area contributed by atoms with Crippen LogP contribution in [0.1, 0.15) is 61.0 Å². The highest BCUT2D eigenvalue weighted by atomic mass is 16.5. The lowest BCUT2D eigenvalue weighted by Crippen LogP contribution is -2.47. The summed E-state index contributed by atoms with van der Waals surface area (Å²) in [5.74, 6) is 2.13. The molecule has 0 radical (unpaired) electrons. The predicted octanol–water partition coefficient (Wildman–Crippen LogP) is 5.70. The third-order valence-corrected chi connectivity index (χ3v) is 8.04. The van der Waals surface area contributed by atoms with E-state index in [-0.39, 0.29) is 0 Å². The van der Waals surface area contributed by atoms with E-state index in [0.29, 0.717) is 6.04 Å². The van der Waals surface area contributed by atoms with E-state index in [0.717, 1.165) is 50.7 Å². The van der Waals surface area contributed by atoms with Crippen LogP contribution in [0.15, 0.2) is 30.5 Å². The fourth-order valence-electron chi connectivity index (χ4n) is 6.10. The molecule has 0 N–H and O–H groups in total. The van der Waals surface area contributed by atoms with Crippen molar-refractivity contribution in [1.29, 1.82) is 0 Å². The van der Waals surface area contributed by atoms with Gasteiger partial charge in [-0.15, -0.1) is 0 Å². The van der Waals surface area contributed by atoms with Gasteiger partial charge in [0.05, 0.1) is 12.6 Å². The van der Waals surface area contributed by atoms with Gasteiger partial charge in [-0.1, -0.05) is 19.8 Å². The number of ether oxygens (including phenoxy) is 1. The number of pyridine rings is 1. The maximum absolute atomic E-state index is 5.71. The van der Waals surface area contributed by atoms with E-state index in [4.69, 9.17) is 4.74 Å². The molecule has 0 amide bonds. The number of nitrogens with zero attached hydrogens (tertiary/aromatic N) is 4. The number of methoxy groups -OCH3 is 1. The molecule has 0 bridgehead atoms. The third-order valence-electron chi connectivity index (χ3n) is 8.04. The summed E-state index contributed by atoms with van der Waals surface area (Å²) < 4.78 is 8.40. The van der Waals surface area contributed by atoms with E-state index in [1.807, 2.05) is 6.20 Å². The molecule has 1 saturated heterocycles. The quantitative estimate of drug-likeness (QED) is 0.431. The summed E-state index contributed by atoms with van der Waals surface area (Å²) in [5.41, 5.74) is 7.24. The molecule has 1 aromatic carbocycles. The van der Waals surface area contributed by atoms with Crippen molar-refractivity contribution in [2.45, 2.75) is 65.3 Å². The molecule has 1 unspecified atom stereocenters. The lowest BCUT2D eigenvalue weighted by molar-refractivity contribution is 0.260. The number of hydrogen-bond acceptors (Lipinski definition) is 4. The van der Waals surface area contributed by atoms with E-state index in [1.54, 1.807) is 7.11 Å². The fraction of sp³-hybridized carbons (Fsp3) is 0.552. The molecule has 1 atom stereocenters. The van der Waals surface area contributed by atoms with Gasteiger partial charge in [0.15, 0.2) is 0 Å². The fourth-order valence-corrected chi connectivity index (χ4v) is 6.10. The van der Waals surface area contributed by atoms with Crippen molar-refractivity contribution >= 4 is 16.7 Å². The van der Waals surface area contributed by atoms with Gasteiger partial charge in [-0.05, 0) is 80.5 Å². The van der Waals surface area contributed by atoms with Crippen molar-refractivity contribution in [3.63, 3.8) is 0 Å². The number of piperazine rings is 1. The minimum Gasteiger partial charge on any atom is -0.497 e. The van der Waals surface area contributed by atoms with Gasteiger partial charge in [0.1, 0.15) is 11.6 Å². The lowest BCUT2D eigenvalue weighted by atomic mass is 9.95. The molecule has 2 aromatic heterocycles. The molecule has 5 heteroatoms. The zero-order valence-electron chi connectivity index (χ0n) is 21.4. The normalized spacial score (nSPS) is 18.6. The third kappa shape index (κ3) is 4.43. The van der Waals surface area contributed by atoms with Gasteiger partial charge in [0.25, 0.3) is 0 Å². The largest absolute Gasteiger partial charge is 0.497 e. The van der Waals surface area contributed by atoms with Crippen molar-refractivity contribution in [3.05, 3.63) is 52.8 Å². The average molecular weight is 461 g/mol. The highest BCUT2D eigenvalue weighted by Crippen LogP contribution is 2.41. The first-order chi connectivity index (χ1) is 16.6. The molecule has 5 rings (SSSR count). The summed E-state index contributed by atoms with van der Waals surface area (Å²) in [6, 6.07) is 9.48. The lowest BCUT2D eigenvalue weighted by Gasteiger charge is -2.35. The van der Waals surface area contributed by atoms with Crippen LogP contribution in [0.4, 0.5) is 5.82 Å². The number of anilines is 1. The Morgan fingerprint density at radius 1 is 1.09 bits per heavy atom. The maximum atomic E-state index is 5.71. The number of unbranched alkanes of at least 4 members (excludes halogenated alkanes) is 1. The summed E-state index contributed by atoms with van der Waals surface area (Å²) >= 11 is 0. The molecule has 2 aliphatic rings. The van der Waals surface area contributed by atoms with Crippen molar-refractivity contribution < 1.29 is 4.74 Å². The van der Waals surface area contributed by atoms with Crippen LogP contribution in [0.5, 0.6) is 5.75 Å². The van der Waals surface area contributed by atoms with Crippen LogP contribution in [0.2, 0.25) is 0 Å². The Kier molecular flexibility index (Phi) is 6.82. The van der Waals surface area contributed by atoms with Gasteiger partial charge in [-0.2, -0.15) is 0 Å². The molecule has 5 nitrogen and oxygen atoms in total. The van der Waals surface area contributed by atoms with Crippen molar-refractivity contribution in [2.24, 2.45) is 0 Å². The van der Waals surface area contributed by atoms with Crippen LogP contribution in [0.3, 0.4) is 0 Å². The summed E-state index contributed by atoms with van der Waals surface area (Å²) in [6.45, 7) is 12.2. The molecule has 182 valence electrons. The van der Waals surface area contributed by atoms with E-state index >= 15 is 0 Å². The molecular formula is C29H40N4O. The summed E-state index contributed by atoms with van der Waals surface area (Å²) in [6.07, 6.45) is 9.32. The molecule has 34 heavy (non-hydrogen) atoms. The SMILES string of the molecule is CCCCC1CCc2cc(OC)cc3c(CCN4CCN(c5cc(C)ccn5)CC4)c(C)n1c23. The Morgan fingerprint density at radius 2 is 1.91 bits per heavy atom. The Hall–Kier alpha value is -2.53. The van der Waals surface area contributed by atoms with Gasteiger partial charge < -0.3 is 14.2 Å². The van der Waals surface area contributed by atoms with Gasteiger partial charge >= 0.3 is 0 Å². The maximum Gasteiger partial charge on any atom is 0.128 e. The van der Waals surface area contributed by atoms with Crippen LogP contribution in [0, 0.1) is 13.8 Å².